The topological polar surface area (TPSA) is 85.0 Å². The van der Waals surface area contributed by atoms with Gasteiger partial charge < -0.3 is 9.32 Å². The third-order valence-electron chi connectivity index (χ3n) is 4.34. The third-order valence-corrected chi connectivity index (χ3v) is 5.05. The van der Waals surface area contributed by atoms with Crippen LogP contribution < -0.4 is 0 Å². The summed E-state index contributed by atoms with van der Waals surface area (Å²) in [4.78, 5) is 23.2. The highest BCUT2D eigenvalue weighted by molar-refractivity contribution is 7.98. The summed E-state index contributed by atoms with van der Waals surface area (Å²) in [6, 6.07) is 7.06. The number of carbonyl (C=O) groups is 1. The van der Waals surface area contributed by atoms with Crippen LogP contribution in [0.4, 0.5) is 0 Å². The summed E-state index contributed by atoms with van der Waals surface area (Å²) in [5, 5.41) is 9.03. The quantitative estimate of drug-likeness (QED) is 0.655. The van der Waals surface area contributed by atoms with E-state index >= 15 is 0 Å². The Hall–Kier alpha value is -2.74. The first kappa shape index (κ1) is 16.7. The van der Waals surface area contributed by atoms with Crippen molar-refractivity contribution in [1.82, 2.24) is 25.1 Å². The number of hydrogen-bond acceptors (Lipinski definition) is 7. The lowest BCUT2D eigenvalue weighted by atomic mass is 10.2. The summed E-state index contributed by atoms with van der Waals surface area (Å²) in [7, 11) is 0. The van der Waals surface area contributed by atoms with Crippen molar-refractivity contribution in [3.63, 3.8) is 0 Å². The Labute approximate surface area is 154 Å². The van der Waals surface area contributed by atoms with Gasteiger partial charge in [0.15, 0.2) is 0 Å². The van der Waals surface area contributed by atoms with Gasteiger partial charge in [-0.1, -0.05) is 0 Å². The van der Waals surface area contributed by atoms with Crippen molar-refractivity contribution in [2.45, 2.75) is 23.9 Å². The van der Waals surface area contributed by atoms with Crippen molar-refractivity contribution in [1.29, 1.82) is 0 Å². The number of carbonyl (C=O) groups excluding carboxylic acids is 1. The smallest absolute Gasteiger partial charge is 0.257 e. The second kappa shape index (κ2) is 7.25. The molecule has 132 valence electrons. The maximum Gasteiger partial charge on any atom is 0.257 e. The van der Waals surface area contributed by atoms with E-state index in [1.807, 2.05) is 24.5 Å². The van der Waals surface area contributed by atoms with Crippen LogP contribution in [0.3, 0.4) is 0 Å². The molecule has 0 saturated carbocycles. The van der Waals surface area contributed by atoms with Crippen LogP contribution in [0, 0.1) is 0 Å². The van der Waals surface area contributed by atoms with Gasteiger partial charge in [-0.15, -0.1) is 22.0 Å². The summed E-state index contributed by atoms with van der Waals surface area (Å²) in [6.07, 6.45) is 8.68. The number of likely N-dealkylation sites (tertiary alicyclic amines) is 1. The molecule has 0 bridgehead atoms. The fourth-order valence-corrected chi connectivity index (χ4v) is 3.65. The van der Waals surface area contributed by atoms with Crippen LogP contribution in [0.25, 0.3) is 11.5 Å². The molecular weight excluding hydrogens is 350 g/mol. The van der Waals surface area contributed by atoms with E-state index in [-0.39, 0.29) is 11.9 Å². The van der Waals surface area contributed by atoms with Crippen molar-refractivity contribution in [3.05, 3.63) is 54.3 Å². The SMILES string of the molecule is CSc1ncccc1C(=O)N1CCCC1c1nnc(-c2cccnc2)o1. The fraction of sp³-hybridized carbons (Fsp3) is 0.278. The molecule has 3 aromatic heterocycles. The fourth-order valence-electron chi connectivity index (χ4n) is 3.11. The molecule has 1 unspecified atom stereocenters. The lowest BCUT2D eigenvalue weighted by molar-refractivity contribution is 0.0711. The van der Waals surface area contributed by atoms with Gasteiger partial charge in [0, 0.05) is 25.1 Å². The summed E-state index contributed by atoms with van der Waals surface area (Å²) in [5.41, 5.74) is 1.37. The van der Waals surface area contributed by atoms with Crippen LogP contribution in [0.1, 0.15) is 35.1 Å². The van der Waals surface area contributed by atoms with Crippen molar-refractivity contribution >= 4 is 17.7 Å². The van der Waals surface area contributed by atoms with Gasteiger partial charge in [0.25, 0.3) is 5.91 Å². The van der Waals surface area contributed by atoms with Crippen molar-refractivity contribution in [3.8, 4) is 11.5 Å². The Morgan fingerprint density at radius 1 is 1.27 bits per heavy atom. The first-order valence-corrected chi connectivity index (χ1v) is 9.54. The number of thioether (sulfide) groups is 1. The highest BCUT2D eigenvalue weighted by Gasteiger charge is 2.35. The molecule has 7 nitrogen and oxygen atoms in total. The second-order valence-corrected chi connectivity index (χ2v) is 6.70. The monoisotopic (exact) mass is 367 g/mol. The average molecular weight is 367 g/mol. The largest absolute Gasteiger partial charge is 0.418 e. The molecule has 0 aliphatic carbocycles. The van der Waals surface area contributed by atoms with E-state index in [2.05, 4.69) is 20.2 Å². The van der Waals surface area contributed by atoms with E-state index in [1.165, 1.54) is 11.8 Å². The van der Waals surface area contributed by atoms with Crippen LogP contribution in [0.5, 0.6) is 0 Å². The number of rotatable bonds is 4. The van der Waals surface area contributed by atoms with Gasteiger partial charge in [0.2, 0.25) is 11.8 Å². The van der Waals surface area contributed by atoms with Crippen LogP contribution in [-0.2, 0) is 0 Å². The number of pyridine rings is 2. The molecule has 1 saturated heterocycles. The maximum absolute atomic E-state index is 13.1. The van der Waals surface area contributed by atoms with E-state index < -0.39 is 0 Å². The van der Waals surface area contributed by atoms with Crippen LogP contribution in [0.15, 0.2) is 52.3 Å². The summed E-state index contributed by atoms with van der Waals surface area (Å²) < 4.78 is 5.85. The lowest BCUT2D eigenvalue weighted by Gasteiger charge is -2.22. The Bertz CT molecular complexity index is 915. The van der Waals surface area contributed by atoms with Gasteiger partial charge in [-0.25, -0.2) is 4.98 Å². The Morgan fingerprint density at radius 3 is 2.96 bits per heavy atom. The molecule has 4 rings (SSSR count). The molecule has 26 heavy (non-hydrogen) atoms. The first-order valence-electron chi connectivity index (χ1n) is 8.31. The number of aromatic nitrogens is 4. The van der Waals surface area contributed by atoms with Crippen molar-refractivity contribution in [2.24, 2.45) is 0 Å². The molecule has 0 radical (unpaired) electrons. The predicted molar refractivity (Wildman–Crippen MR) is 96.6 cm³/mol. The second-order valence-electron chi connectivity index (χ2n) is 5.90. The third kappa shape index (κ3) is 3.08. The minimum Gasteiger partial charge on any atom is -0.418 e. The van der Waals surface area contributed by atoms with Gasteiger partial charge in [0.1, 0.15) is 11.1 Å². The Morgan fingerprint density at radius 2 is 2.15 bits per heavy atom. The van der Waals surface area contributed by atoms with E-state index in [9.17, 15) is 4.79 Å². The first-order chi connectivity index (χ1) is 12.8. The van der Waals surface area contributed by atoms with Crippen LogP contribution >= 0.6 is 11.8 Å². The summed E-state index contributed by atoms with van der Waals surface area (Å²) >= 11 is 1.46. The average Bonchev–Trinajstić information content (AvgIpc) is 3.37. The maximum atomic E-state index is 13.1. The van der Waals surface area contributed by atoms with Gasteiger partial charge in [-0.05, 0) is 43.4 Å². The molecule has 4 heterocycles. The van der Waals surface area contributed by atoms with Crippen LogP contribution in [-0.4, -0.2) is 43.8 Å². The van der Waals surface area contributed by atoms with E-state index in [1.54, 1.807) is 29.6 Å². The van der Waals surface area contributed by atoms with Crippen molar-refractivity contribution in [2.75, 3.05) is 12.8 Å². The molecule has 0 aromatic carbocycles. The van der Waals surface area contributed by atoms with E-state index in [4.69, 9.17) is 4.42 Å². The minimum atomic E-state index is -0.213. The summed E-state index contributed by atoms with van der Waals surface area (Å²) in [6.45, 7) is 0.664. The Balaban J connectivity index is 1.61. The Kier molecular flexibility index (Phi) is 4.66. The molecule has 0 N–H and O–H groups in total. The number of amides is 1. The lowest BCUT2D eigenvalue weighted by Crippen LogP contribution is -2.31. The molecule has 3 aromatic rings. The van der Waals surface area contributed by atoms with E-state index in [0.717, 1.165) is 23.4 Å². The molecule has 1 atom stereocenters. The molecule has 1 aliphatic rings. The highest BCUT2D eigenvalue weighted by atomic mass is 32.2. The minimum absolute atomic E-state index is 0.0499. The molecule has 1 amide bonds. The molecule has 1 aliphatic heterocycles. The molecule has 1 fully saturated rings. The summed E-state index contributed by atoms with van der Waals surface area (Å²) in [5.74, 6) is 0.828. The molecular formula is C18H17N5O2S. The van der Waals surface area contributed by atoms with Gasteiger partial charge in [-0.2, -0.15) is 0 Å². The van der Waals surface area contributed by atoms with Gasteiger partial charge in [-0.3, -0.25) is 9.78 Å². The predicted octanol–water partition coefficient (Wildman–Crippen LogP) is 3.23. The molecule has 0 spiro atoms. The zero-order valence-corrected chi connectivity index (χ0v) is 15.0. The zero-order chi connectivity index (χ0) is 17.9. The van der Waals surface area contributed by atoms with Gasteiger partial charge >= 0.3 is 0 Å². The van der Waals surface area contributed by atoms with Gasteiger partial charge in [0.05, 0.1) is 11.1 Å². The number of nitrogens with zero attached hydrogens (tertiary/aromatic N) is 5. The van der Waals surface area contributed by atoms with Crippen LogP contribution in [0.2, 0.25) is 0 Å². The normalized spacial score (nSPS) is 16.8. The van der Waals surface area contributed by atoms with E-state index in [0.29, 0.717) is 23.9 Å². The highest BCUT2D eigenvalue weighted by Crippen LogP contribution is 2.34. The zero-order valence-electron chi connectivity index (χ0n) is 14.2. The standard InChI is InChI=1S/C18H17N5O2S/c1-26-17-13(6-3-9-20-17)18(24)23-10-4-7-14(23)16-22-21-15(25-16)12-5-2-8-19-11-12/h2-3,5-6,8-9,11,14H,4,7,10H2,1H3. The number of hydrogen-bond donors (Lipinski definition) is 0. The molecule has 8 heteroatoms. The van der Waals surface area contributed by atoms with Crippen molar-refractivity contribution < 1.29 is 9.21 Å².